The Morgan fingerprint density at radius 2 is 1.33 bits per heavy atom. The van der Waals surface area contributed by atoms with Crippen molar-refractivity contribution >= 4 is 0 Å². The van der Waals surface area contributed by atoms with Gasteiger partial charge in [-0.3, -0.25) is 0 Å². The lowest BCUT2D eigenvalue weighted by Crippen LogP contribution is -2.26. The number of hydrogen-bond donors (Lipinski definition) is 1. The van der Waals surface area contributed by atoms with Crippen LogP contribution in [0.4, 0.5) is 0 Å². The summed E-state index contributed by atoms with van der Waals surface area (Å²) in [6, 6.07) is 28.6. The van der Waals surface area contributed by atoms with Crippen LogP contribution in [0.3, 0.4) is 0 Å². The molecule has 0 fully saturated rings. The zero-order valence-corrected chi connectivity index (χ0v) is 13.9. The molecule has 0 amide bonds. The van der Waals surface area contributed by atoms with E-state index >= 15 is 0 Å². The summed E-state index contributed by atoms with van der Waals surface area (Å²) in [4.78, 5) is 0. The number of fused-ring (bicyclic) bond motifs is 1. The van der Waals surface area contributed by atoms with Crippen molar-refractivity contribution in [3.63, 3.8) is 0 Å². The summed E-state index contributed by atoms with van der Waals surface area (Å²) in [5, 5.41) is 0. The van der Waals surface area contributed by atoms with Gasteiger partial charge in [0.05, 0.1) is 0 Å². The second kappa shape index (κ2) is 6.62. The molecule has 0 bridgehead atoms. The van der Waals surface area contributed by atoms with Crippen molar-refractivity contribution in [3.8, 4) is 0 Å². The van der Waals surface area contributed by atoms with Crippen molar-refractivity contribution in [1.29, 1.82) is 0 Å². The van der Waals surface area contributed by atoms with E-state index in [4.69, 9.17) is 5.73 Å². The summed E-state index contributed by atoms with van der Waals surface area (Å²) in [6.45, 7) is 0. The second-order valence-electron chi connectivity index (χ2n) is 6.86. The molecule has 2 unspecified atom stereocenters. The van der Waals surface area contributed by atoms with Crippen LogP contribution in [0.25, 0.3) is 0 Å². The van der Waals surface area contributed by atoms with Gasteiger partial charge >= 0.3 is 0 Å². The van der Waals surface area contributed by atoms with E-state index in [1.807, 2.05) is 0 Å². The summed E-state index contributed by atoms with van der Waals surface area (Å²) < 4.78 is 0. The van der Waals surface area contributed by atoms with E-state index in [0.717, 1.165) is 19.3 Å². The van der Waals surface area contributed by atoms with Crippen LogP contribution in [0.15, 0.2) is 78.9 Å². The number of hydrogen-bond acceptors (Lipinski definition) is 1. The van der Waals surface area contributed by atoms with Crippen LogP contribution in [0.2, 0.25) is 0 Å². The summed E-state index contributed by atoms with van der Waals surface area (Å²) in [7, 11) is 0. The molecule has 1 aliphatic rings. The van der Waals surface area contributed by atoms with Gasteiger partial charge in [0.25, 0.3) is 0 Å². The molecule has 0 saturated carbocycles. The summed E-state index contributed by atoms with van der Waals surface area (Å²) >= 11 is 0. The van der Waals surface area contributed by atoms with Crippen molar-refractivity contribution in [3.05, 3.63) is 107 Å². The van der Waals surface area contributed by atoms with Crippen LogP contribution in [-0.2, 0) is 19.3 Å². The average molecular weight is 313 g/mol. The minimum absolute atomic E-state index is 0.242. The van der Waals surface area contributed by atoms with Gasteiger partial charge in [-0.05, 0) is 47.1 Å². The quantitative estimate of drug-likeness (QED) is 0.754. The van der Waals surface area contributed by atoms with Crippen LogP contribution in [0, 0.1) is 0 Å². The van der Waals surface area contributed by atoms with Crippen LogP contribution in [0.1, 0.15) is 33.7 Å². The molecule has 0 saturated heterocycles. The Kier molecular flexibility index (Phi) is 4.18. The van der Waals surface area contributed by atoms with Gasteiger partial charge in [0.1, 0.15) is 0 Å². The third-order valence-electron chi connectivity index (χ3n) is 5.16. The lowest BCUT2D eigenvalue weighted by atomic mass is 9.90. The molecule has 0 spiro atoms. The first kappa shape index (κ1) is 15.2. The third-order valence-corrected chi connectivity index (χ3v) is 5.16. The Balaban J connectivity index is 1.48. The second-order valence-corrected chi connectivity index (χ2v) is 6.86. The Morgan fingerprint density at radius 3 is 2.12 bits per heavy atom. The standard InChI is InChI=1S/C23H23N/c24-23-16-20-8-4-5-9-21(20)22(23)15-19-12-10-18(11-13-19)14-17-6-2-1-3-7-17/h1-13,22-23H,14-16,24H2. The topological polar surface area (TPSA) is 26.0 Å². The van der Waals surface area contributed by atoms with Crippen LogP contribution in [-0.4, -0.2) is 6.04 Å². The van der Waals surface area contributed by atoms with Crippen molar-refractivity contribution in [1.82, 2.24) is 0 Å². The first-order valence-electron chi connectivity index (χ1n) is 8.75. The van der Waals surface area contributed by atoms with Gasteiger partial charge in [-0.15, -0.1) is 0 Å². The molecule has 3 aromatic carbocycles. The smallest absolute Gasteiger partial charge is 0.0152 e. The first-order valence-corrected chi connectivity index (χ1v) is 8.75. The molecule has 1 heteroatoms. The normalized spacial score (nSPS) is 19.2. The molecule has 4 rings (SSSR count). The number of rotatable bonds is 4. The minimum Gasteiger partial charge on any atom is -0.327 e. The van der Waals surface area contributed by atoms with E-state index in [1.165, 1.54) is 27.8 Å². The third kappa shape index (κ3) is 3.13. The maximum Gasteiger partial charge on any atom is 0.0152 e. The maximum atomic E-state index is 6.41. The lowest BCUT2D eigenvalue weighted by molar-refractivity contribution is 0.570. The fraction of sp³-hybridized carbons (Fsp3) is 0.217. The van der Waals surface area contributed by atoms with Gasteiger partial charge < -0.3 is 5.73 Å². The number of nitrogens with two attached hydrogens (primary N) is 1. The van der Waals surface area contributed by atoms with Gasteiger partial charge in [0.2, 0.25) is 0 Å². The predicted molar refractivity (Wildman–Crippen MR) is 100 cm³/mol. The molecule has 0 aliphatic heterocycles. The van der Waals surface area contributed by atoms with E-state index in [0.29, 0.717) is 5.92 Å². The first-order chi connectivity index (χ1) is 11.8. The Labute approximate surface area is 144 Å². The largest absolute Gasteiger partial charge is 0.327 e. The molecule has 2 atom stereocenters. The molecule has 0 aromatic heterocycles. The molecule has 24 heavy (non-hydrogen) atoms. The van der Waals surface area contributed by atoms with Gasteiger partial charge in [-0.2, -0.15) is 0 Å². The van der Waals surface area contributed by atoms with Crippen molar-refractivity contribution < 1.29 is 0 Å². The summed E-state index contributed by atoms with van der Waals surface area (Å²) in [5.74, 6) is 0.446. The van der Waals surface area contributed by atoms with Crippen molar-refractivity contribution in [2.24, 2.45) is 5.73 Å². The molecular formula is C23H23N. The molecule has 1 nitrogen and oxygen atoms in total. The van der Waals surface area contributed by atoms with Gasteiger partial charge in [-0.1, -0.05) is 78.9 Å². The van der Waals surface area contributed by atoms with Crippen molar-refractivity contribution in [2.75, 3.05) is 0 Å². The molecule has 2 N–H and O–H groups in total. The van der Waals surface area contributed by atoms with Crippen molar-refractivity contribution in [2.45, 2.75) is 31.2 Å². The fourth-order valence-electron chi connectivity index (χ4n) is 3.85. The van der Waals surface area contributed by atoms with Gasteiger partial charge in [0.15, 0.2) is 0 Å². The van der Waals surface area contributed by atoms with Crippen LogP contribution < -0.4 is 5.73 Å². The predicted octanol–water partition coefficient (Wildman–Crippen LogP) is 4.49. The van der Waals surface area contributed by atoms with E-state index in [1.54, 1.807) is 0 Å². The molecule has 0 heterocycles. The minimum atomic E-state index is 0.242. The molecular weight excluding hydrogens is 290 g/mol. The van der Waals surface area contributed by atoms with Gasteiger partial charge in [-0.25, -0.2) is 0 Å². The van der Waals surface area contributed by atoms with E-state index in [9.17, 15) is 0 Å². The molecule has 120 valence electrons. The monoisotopic (exact) mass is 313 g/mol. The highest BCUT2D eigenvalue weighted by Crippen LogP contribution is 2.34. The highest BCUT2D eigenvalue weighted by molar-refractivity contribution is 5.39. The summed E-state index contributed by atoms with van der Waals surface area (Å²) in [5.41, 5.74) is 13.4. The maximum absolute atomic E-state index is 6.41. The number of benzene rings is 3. The summed E-state index contributed by atoms with van der Waals surface area (Å²) in [6.07, 6.45) is 3.03. The molecule has 1 aliphatic carbocycles. The zero-order chi connectivity index (χ0) is 16.4. The Bertz CT molecular complexity index is 805. The van der Waals surface area contributed by atoms with E-state index < -0.39 is 0 Å². The molecule has 0 radical (unpaired) electrons. The molecule has 3 aromatic rings. The zero-order valence-electron chi connectivity index (χ0n) is 13.9. The highest BCUT2D eigenvalue weighted by Gasteiger charge is 2.29. The highest BCUT2D eigenvalue weighted by atomic mass is 14.7. The Morgan fingerprint density at radius 1 is 0.708 bits per heavy atom. The van der Waals surface area contributed by atoms with Crippen LogP contribution >= 0.6 is 0 Å². The van der Waals surface area contributed by atoms with E-state index in [2.05, 4.69) is 78.9 Å². The van der Waals surface area contributed by atoms with E-state index in [-0.39, 0.29) is 6.04 Å². The lowest BCUT2D eigenvalue weighted by Gasteiger charge is -2.17. The Hall–Kier alpha value is -2.38. The van der Waals surface area contributed by atoms with Gasteiger partial charge in [0, 0.05) is 12.0 Å². The fourth-order valence-corrected chi connectivity index (χ4v) is 3.85. The SMILES string of the molecule is NC1Cc2ccccc2C1Cc1ccc(Cc2ccccc2)cc1. The average Bonchev–Trinajstić information content (AvgIpc) is 2.93. The van der Waals surface area contributed by atoms with Crippen LogP contribution in [0.5, 0.6) is 0 Å².